The molecule has 2 nitrogen and oxygen atoms in total. The summed E-state index contributed by atoms with van der Waals surface area (Å²) in [6, 6.07) is 0.450. The number of rotatable bonds is 0. The number of hydrogen-bond acceptors (Lipinski definition) is 2. The van der Waals surface area contributed by atoms with E-state index in [9.17, 15) is 0 Å². The van der Waals surface area contributed by atoms with Crippen molar-refractivity contribution < 1.29 is 4.74 Å². The van der Waals surface area contributed by atoms with Crippen LogP contribution in [-0.2, 0) is 4.74 Å². The van der Waals surface area contributed by atoms with Gasteiger partial charge in [0.2, 0.25) is 0 Å². The molecule has 2 heterocycles. The molecule has 0 bridgehead atoms. The molecule has 1 radical (unpaired) electrons. The van der Waals surface area contributed by atoms with Crippen LogP contribution < -0.4 is 5.32 Å². The molecule has 61 valence electrons. The van der Waals surface area contributed by atoms with E-state index in [1.165, 1.54) is 0 Å². The molecule has 0 aromatic carbocycles. The van der Waals surface area contributed by atoms with E-state index >= 15 is 0 Å². The zero-order chi connectivity index (χ0) is 7.97. The largest absolute Gasteiger partial charge is 0.483 e. The van der Waals surface area contributed by atoms with Gasteiger partial charge in [-0.3, -0.25) is 5.32 Å². The summed E-state index contributed by atoms with van der Waals surface area (Å²) in [5, 5.41) is 3.41. The highest BCUT2D eigenvalue weighted by Gasteiger charge is 2.42. The van der Waals surface area contributed by atoms with Crippen LogP contribution in [-0.4, -0.2) is 12.3 Å². The van der Waals surface area contributed by atoms with Crippen LogP contribution >= 0.6 is 0 Å². The minimum atomic E-state index is 0.195. The molecule has 1 aliphatic carbocycles. The van der Waals surface area contributed by atoms with Gasteiger partial charge in [-0.2, -0.15) is 0 Å². The summed E-state index contributed by atoms with van der Waals surface area (Å²) in [6.07, 6.45) is 13.5. The molecular formula is C10H10NO. The number of fused-ring (bicyclic) bond motifs is 3. The van der Waals surface area contributed by atoms with E-state index in [4.69, 9.17) is 4.74 Å². The van der Waals surface area contributed by atoms with E-state index in [1.807, 2.05) is 6.08 Å². The number of nitrogens with one attached hydrogen (secondary N) is 1. The van der Waals surface area contributed by atoms with Crippen LogP contribution in [0, 0.1) is 17.9 Å². The molecule has 0 spiro atoms. The highest BCUT2D eigenvalue weighted by Crippen LogP contribution is 2.35. The Bertz CT molecular complexity index is 280. The summed E-state index contributed by atoms with van der Waals surface area (Å²) < 4.78 is 5.40. The third kappa shape index (κ3) is 0.730. The third-order valence-electron chi connectivity index (χ3n) is 2.78. The minimum absolute atomic E-state index is 0.195. The van der Waals surface area contributed by atoms with Gasteiger partial charge in [0.25, 0.3) is 0 Å². The summed E-state index contributed by atoms with van der Waals surface area (Å²) >= 11 is 0. The average molecular weight is 160 g/mol. The second-order valence-corrected chi connectivity index (χ2v) is 3.42. The first-order chi connectivity index (χ1) is 5.95. The molecule has 0 aromatic rings. The first-order valence-electron chi connectivity index (χ1n) is 4.29. The van der Waals surface area contributed by atoms with Crippen LogP contribution in [0.15, 0.2) is 30.6 Å². The molecule has 3 rings (SSSR count). The molecule has 1 saturated heterocycles. The van der Waals surface area contributed by atoms with Gasteiger partial charge in [-0.25, -0.2) is 0 Å². The normalized spacial score (nSPS) is 47.3. The van der Waals surface area contributed by atoms with Crippen LogP contribution in [0.1, 0.15) is 0 Å². The van der Waals surface area contributed by atoms with Crippen molar-refractivity contribution in [2.45, 2.75) is 12.3 Å². The summed E-state index contributed by atoms with van der Waals surface area (Å²) in [5.41, 5.74) is 0. The van der Waals surface area contributed by atoms with Gasteiger partial charge < -0.3 is 4.74 Å². The molecule has 0 saturated carbocycles. The van der Waals surface area contributed by atoms with Crippen molar-refractivity contribution in [3.05, 3.63) is 36.6 Å². The smallest absolute Gasteiger partial charge is 0.156 e. The molecule has 1 fully saturated rings. The van der Waals surface area contributed by atoms with Crippen molar-refractivity contribution in [3.63, 3.8) is 0 Å². The lowest BCUT2D eigenvalue weighted by molar-refractivity contribution is 0.128. The van der Waals surface area contributed by atoms with Crippen molar-refractivity contribution in [3.8, 4) is 0 Å². The minimum Gasteiger partial charge on any atom is -0.483 e. The second-order valence-electron chi connectivity index (χ2n) is 3.42. The quantitative estimate of drug-likeness (QED) is 0.570. The van der Waals surface area contributed by atoms with Gasteiger partial charge in [0.1, 0.15) is 0 Å². The Balaban J connectivity index is 1.94. The van der Waals surface area contributed by atoms with Crippen LogP contribution in [0.3, 0.4) is 0 Å². The third-order valence-corrected chi connectivity index (χ3v) is 2.78. The maximum absolute atomic E-state index is 5.40. The second kappa shape index (κ2) is 2.23. The predicted octanol–water partition coefficient (Wildman–Crippen LogP) is 0.990. The standard InChI is InChI=1S/C10H10NO/c1-2-4-9-7(3-1)8-5-6-12-10(8)11-9/h2-11H. The Labute approximate surface area is 71.6 Å². The average Bonchev–Trinajstić information content (AvgIpc) is 2.62. The van der Waals surface area contributed by atoms with Gasteiger partial charge in [-0.05, 0) is 12.2 Å². The van der Waals surface area contributed by atoms with E-state index in [1.54, 1.807) is 6.26 Å². The van der Waals surface area contributed by atoms with Gasteiger partial charge >= 0.3 is 0 Å². The Hall–Kier alpha value is -1.02. The zero-order valence-electron chi connectivity index (χ0n) is 6.60. The Morgan fingerprint density at radius 1 is 1.25 bits per heavy atom. The van der Waals surface area contributed by atoms with E-state index < -0.39 is 0 Å². The van der Waals surface area contributed by atoms with E-state index in [0.29, 0.717) is 17.9 Å². The summed E-state index contributed by atoms with van der Waals surface area (Å²) in [7, 11) is 0. The zero-order valence-corrected chi connectivity index (χ0v) is 6.60. The van der Waals surface area contributed by atoms with Crippen molar-refractivity contribution >= 4 is 0 Å². The van der Waals surface area contributed by atoms with Crippen LogP contribution in [0.4, 0.5) is 0 Å². The lowest BCUT2D eigenvalue weighted by atomic mass is 9.88. The first kappa shape index (κ1) is 6.49. The van der Waals surface area contributed by atoms with Crippen LogP contribution in [0.25, 0.3) is 0 Å². The number of ether oxygens (including phenoxy) is 1. The van der Waals surface area contributed by atoms with Gasteiger partial charge in [0, 0.05) is 17.9 Å². The topological polar surface area (TPSA) is 21.3 Å². The molecular weight excluding hydrogens is 150 g/mol. The fourth-order valence-corrected chi connectivity index (χ4v) is 2.16. The molecule has 0 amide bonds. The van der Waals surface area contributed by atoms with E-state index in [-0.39, 0.29) is 6.23 Å². The highest BCUT2D eigenvalue weighted by molar-refractivity contribution is 5.21. The summed E-state index contributed by atoms with van der Waals surface area (Å²) in [5.74, 6) is 1.05. The van der Waals surface area contributed by atoms with E-state index in [0.717, 1.165) is 0 Å². The molecule has 2 heteroatoms. The molecule has 3 aliphatic rings. The highest BCUT2D eigenvalue weighted by atomic mass is 16.5. The fourth-order valence-electron chi connectivity index (χ4n) is 2.16. The van der Waals surface area contributed by atoms with Gasteiger partial charge in [0.15, 0.2) is 6.23 Å². The number of hydrogen-bond donors (Lipinski definition) is 1. The summed E-state index contributed by atoms with van der Waals surface area (Å²) in [4.78, 5) is 0. The maximum atomic E-state index is 5.40. The van der Waals surface area contributed by atoms with Gasteiger partial charge in [-0.15, -0.1) is 0 Å². The first-order valence-corrected chi connectivity index (χ1v) is 4.29. The number of allylic oxidation sites excluding steroid dienone is 2. The Morgan fingerprint density at radius 2 is 2.25 bits per heavy atom. The van der Waals surface area contributed by atoms with Crippen molar-refractivity contribution in [2.24, 2.45) is 11.8 Å². The van der Waals surface area contributed by atoms with E-state index in [2.05, 4.69) is 29.6 Å². The van der Waals surface area contributed by atoms with Crippen molar-refractivity contribution in [2.75, 3.05) is 0 Å². The predicted molar refractivity (Wildman–Crippen MR) is 44.9 cm³/mol. The monoisotopic (exact) mass is 160 g/mol. The van der Waals surface area contributed by atoms with Gasteiger partial charge in [-0.1, -0.05) is 18.2 Å². The molecule has 4 atom stereocenters. The van der Waals surface area contributed by atoms with Gasteiger partial charge in [0.05, 0.1) is 6.26 Å². The fraction of sp³-hybridized carbons (Fsp3) is 0.400. The Kier molecular flexibility index (Phi) is 1.21. The molecule has 4 unspecified atom stereocenters. The molecule has 2 aliphatic heterocycles. The maximum Gasteiger partial charge on any atom is 0.156 e. The SMILES string of the molecule is [C]1=CC2C(C=C1)NC1OC=CC12. The lowest BCUT2D eigenvalue weighted by Gasteiger charge is -2.16. The molecule has 1 N–H and O–H groups in total. The summed E-state index contributed by atoms with van der Waals surface area (Å²) in [6.45, 7) is 0. The van der Waals surface area contributed by atoms with Crippen molar-refractivity contribution in [1.82, 2.24) is 5.32 Å². The van der Waals surface area contributed by atoms with Crippen molar-refractivity contribution in [1.29, 1.82) is 0 Å². The molecule has 12 heavy (non-hydrogen) atoms. The van der Waals surface area contributed by atoms with Crippen LogP contribution in [0.2, 0.25) is 0 Å². The lowest BCUT2D eigenvalue weighted by Crippen LogP contribution is -2.30. The Morgan fingerprint density at radius 3 is 3.25 bits per heavy atom. The molecule has 0 aromatic heterocycles. The van der Waals surface area contributed by atoms with Crippen LogP contribution in [0.5, 0.6) is 0 Å².